The zero-order valence-corrected chi connectivity index (χ0v) is 6.44. The third-order valence-corrected chi connectivity index (χ3v) is 1.17. The fourth-order valence-electron chi connectivity index (χ4n) is 0.585. The van der Waals surface area contributed by atoms with Crippen LogP contribution < -0.4 is 16.2 Å². The quantitative estimate of drug-likeness (QED) is 0.430. The van der Waals surface area contributed by atoms with Gasteiger partial charge in [0.1, 0.15) is 0 Å². The number of nitrogens with zero attached hydrogens (tertiary/aromatic N) is 4. The monoisotopic (exact) mass is 154 g/mol. The molecule has 0 aromatic carbocycles. The number of anilines is 2. The number of rotatable bonds is 2. The van der Waals surface area contributed by atoms with E-state index in [4.69, 9.17) is 5.84 Å². The second-order valence-corrected chi connectivity index (χ2v) is 2.22. The molecule has 0 aliphatic rings. The molecule has 60 valence electrons. The summed E-state index contributed by atoms with van der Waals surface area (Å²) < 4.78 is 0. The number of hydrazine groups is 1. The van der Waals surface area contributed by atoms with Crippen LogP contribution >= 0.6 is 0 Å². The first kappa shape index (κ1) is 7.67. The summed E-state index contributed by atoms with van der Waals surface area (Å²) in [5.41, 5.74) is 2.38. The zero-order chi connectivity index (χ0) is 8.27. The van der Waals surface area contributed by atoms with Crippen LogP contribution in [0.15, 0.2) is 6.07 Å². The maximum atomic E-state index is 5.12. The fraction of sp³-hybridized carbons (Fsp3) is 0.400. The molecule has 1 heterocycles. The minimum absolute atomic E-state index is 0.503. The molecule has 0 aliphatic heterocycles. The Morgan fingerprint density at radius 3 is 2.73 bits per heavy atom. The molecule has 0 radical (unpaired) electrons. The Labute approximate surface area is 64.4 Å². The lowest BCUT2D eigenvalue weighted by molar-refractivity contribution is 0.846. The fourth-order valence-corrected chi connectivity index (χ4v) is 0.585. The lowest BCUT2D eigenvalue weighted by Crippen LogP contribution is -2.15. The minimum atomic E-state index is 0.503. The third kappa shape index (κ3) is 1.74. The average molecular weight is 154 g/mol. The first-order valence-electron chi connectivity index (χ1n) is 3.08. The van der Waals surface area contributed by atoms with Gasteiger partial charge in [-0.15, -0.1) is 10.2 Å². The van der Waals surface area contributed by atoms with Crippen LogP contribution in [0.1, 0.15) is 0 Å². The van der Waals surface area contributed by atoms with Crippen molar-refractivity contribution in [3.63, 3.8) is 0 Å². The molecule has 6 heteroatoms. The third-order valence-electron chi connectivity index (χ3n) is 1.17. The molecule has 11 heavy (non-hydrogen) atoms. The molecule has 1 aromatic rings. The number of hydrogen-bond acceptors (Lipinski definition) is 6. The average Bonchev–Trinajstić information content (AvgIpc) is 2.05. The highest BCUT2D eigenvalue weighted by atomic mass is 15.4. The Hall–Kier alpha value is -1.43. The summed E-state index contributed by atoms with van der Waals surface area (Å²) in [6.07, 6.45) is 0. The van der Waals surface area contributed by atoms with Crippen LogP contribution in [0.5, 0.6) is 0 Å². The highest BCUT2D eigenvalue weighted by molar-refractivity contribution is 5.45. The van der Waals surface area contributed by atoms with Crippen LogP contribution in [0.2, 0.25) is 0 Å². The molecule has 1 rings (SSSR count). The van der Waals surface area contributed by atoms with Crippen molar-refractivity contribution in [3.8, 4) is 0 Å². The van der Waals surface area contributed by atoms with Gasteiger partial charge in [-0.3, -0.25) is 0 Å². The molecular formula is C5H10N6. The molecular weight excluding hydrogens is 144 g/mol. The molecule has 0 spiro atoms. The van der Waals surface area contributed by atoms with Gasteiger partial charge in [-0.2, -0.15) is 0 Å². The van der Waals surface area contributed by atoms with E-state index in [1.807, 2.05) is 19.0 Å². The minimum Gasteiger partial charge on any atom is -0.361 e. The van der Waals surface area contributed by atoms with Crippen molar-refractivity contribution in [2.24, 2.45) is 5.84 Å². The van der Waals surface area contributed by atoms with Crippen LogP contribution in [0, 0.1) is 0 Å². The van der Waals surface area contributed by atoms with Crippen molar-refractivity contribution in [1.82, 2.24) is 15.4 Å². The first-order chi connectivity index (χ1) is 5.24. The molecule has 0 atom stereocenters. The summed E-state index contributed by atoms with van der Waals surface area (Å²) in [4.78, 5) is 1.82. The molecule has 0 aliphatic carbocycles. The van der Waals surface area contributed by atoms with Gasteiger partial charge in [0, 0.05) is 20.2 Å². The van der Waals surface area contributed by atoms with Crippen LogP contribution in [-0.2, 0) is 0 Å². The number of hydrogen-bond donors (Lipinski definition) is 2. The molecule has 0 amide bonds. The number of nitrogens with two attached hydrogens (primary N) is 1. The van der Waals surface area contributed by atoms with Gasteiger partial charge in [-0.25, -0.2) is 5.84 Å². The lowest BCUT2D eigenvalue weighted by Gasteiger charge is -2.09. The maximum absolute atomic E-state index is 5.12. The van der Waals surface area contributed by atoms with Crippen molar-refractivity contribution >= 4 is 11.6 Å². The largest absolute Gasteiger partial charge is 0.361 e. The van der Waals surface area contributed by atoms with Gasteiger partial charge >= 0.3 is 0 Å². The smallest absolute Gasteiger partial charge is 0.168 e. The SMILES string of the molecule is CN(C)c1cc(NN)nnn1. The van der Waals surface area contributed by atoms with Crippen molar-refractivity contribution in [2.75, 3.05) is 24.4 Å². The van der Waals surface area contributed by atoms with Gasteiger partial charge in [-0.1, -0.05) is 0 Å². The predicted octanol–water partition coefficient (Wildman–Crippen LogP) is -0.777. The summed E-state index contributed by atoms with van der Waals surface area (Å²) in [5.74, 6) is 6.34. The second-order valence-electron chi connectivity index (χ2n) is 2.22. The van der Waals surface area contributed by atoms with E-state index in [0.29, 0.717) is 11.6 Å². The number of aromatic nitrogens is 3. The molecule has 1 aromatic heterocycles. The summed E-state index contributed by atoms with van der Waals surface area (Å²) in [7, 11) is 3.73. The van der Waals surface area contributed by atoms with Crippen LogP contribution in [-0.4, -0.2) is 29.5 Å². The van der Waals surface area contributed by atoms with Crippen molar-refractivity contribution in [3.05, 3.63) is 6.07 Å². The van der Waals surface area contributed by atoms with E-state index in [-0.39, 0.29) is 0 Å². The molecule has 3 N–H and O–H groups in total. The van der Waals surface area contributed by atoms with E-state index in [1.54, 1.807) is 6.07 Å². The molecule has 0 saturated heterocycles. The standard InChI is InChI=1S/C5H10N6/c1-11(2)5-3-4(7-6)8-10-9-5/h3H,6H2,1-2H3,(H,7,8,9). The topological polar surface area (TPSA) is 80.0 Å². The van der Waals surface area contributed by atoms with Crippen LogP contribution in [0.25, 0.3) is 0 Å². The zero-order valence-electron chi connectivity index (χ0n) is 6.44. The number of nitrogen functional groups attached to an aromatic ring is 1. The molecule has 0 fully saturated rings. The highest BCUT2D eigenvalue weighted by Gasteiger charge is 1.98. The Morgan fingerprint density at radius 2 is 2.18 bits per heavy atom. The Morgan fingerprint density at radius 1 is 1.45 bits per heavy atom. The molecule has 0 unspecified atom stereocenters. The normalized spacial score (nSPS) is 9.36. The van der Waals surface area contributed by atoms with Gasteiger partial charge in [0.25, 0.3) is 0 Å². The summed E-state index contributed by atoms with van der Waals surface area (Å²) in [6.45, 7) is 0. The molecule has 6 nitrogen and oxygen atoms in total. The first-order valence-corrected chi connectivity index (χ1v) is 3.08. The Bertz CT molecular complexity index is 234. The van der Waals surface area contributed by atoms with Crippen LogP contribution in [0.3, 0.4) is 0 Å². The van der Waals surface area contributed by atoms with E-state index in [2.05, 4.69) is 20.8 Å². The summed E-state index contributed by atoms with van der Waals surface area (Å²) >= 11 is 0. The maximum Gasteiger partial charge on any atom is 0.168 e. The van der Waals surface area contributed by atoms with Gasteiger partial charge in [0.05, 0.1) is 0 Å². The van der Waals surface area contributed by atoms with Gasteiger partial charge < -0.3 is 10.3 Å². The van der Waals surface area contributed by atoms with E-state index < -0.39 is 0 Å². The van der Waals surface area contributed by atoms with Crippen molar-refractivity contribution in [1.29, 1.82) is 0 Å². The van der Waals surface area contributed by atoms with Gasteiger partial charge in [-0.05, 0) is 5.21 Å². The summed E-state index contributed by atoms with van der Waals surface area (Å²) in [5, 5.41) is 10.9. The van der Waals surface area contributed by atoms with Crippen molar-refractivity contribution < 1.29 is 0 Å². The van der Waals surface area contributed by atoms with Gasteiger partial charge in [0.2, 0.25) is 0 Å². The highest BCUT2D eigenvalue weighted by Crippen LogP contribution is 2.07. The lowest BCUT2D eigenvalue weighted by atomic mass is 10.5. The Kier molecular flexibility index (Phi) is 2.17. The predicted molar refractivity (Wildman–Crippen MR) is 42.0 cm³/mol. The second kappa shape index (κ2) is 3.11. The van der Waals surface area contributed by atoms with E-state index in [0.717, 1.165) is 0 Å². The number of nitrogens with one attached hydrogen (secondary N) is 1. The Balaban J connectivity index is 2.91. The van der Waals surface area contributed by atoms with E-state index in [1.165, 1.54) is 0 Å². The van der Waals surface area contributed by atoms with Crippen LogP contribution in [0.4, 0.5) is 11.6 Å². The molecule has 0 bridgehead atoms. The van der Waals surface area contributed by atoms with Gasteiger partial charge in [0.15, 0.2) is 11.6 Å². The van der Waals surface area contributed by atoms with E-state index >= 15 is 0 Å². The van der Waals surface area contributed by atoms with Crippen molar-refractivity contribution in [2.45, 2.75) is 0 Å². The molecule has 0 saturated carbocycles. The van der Waals surface area contributed by atoms with E-state index in [9.17, 15) is 0 Å². The summed E-state index contributed by atoms with van der Waals surface area (Å²) in [6, 6.07) is 1.70.